The maximum Gasteiger partial charge on any atom is 0.248 e. The highest BCUT2D eigenvalue weighted by Crippen LogP contribution is 2.28. The first-order valence-electron chi connectivity index (χ1n) is 9.95. The third-order valence-corrected chi connectivity index (χ3v) is 5.05. The van der Waals surface area contributed by atoms with Gasteiger partial charge in [0.25, 0.3) is 0 Å². The van der Waals surface area contributed by atoms with E-state index >= 15 is 0 Å². The number of rotatable bonds is 5. The van der Waals surface area contributed by atoms with Crippen molar-refractivity contribution in [3.8, 4) is 22.8 Å². The fraction of sp³-hybridized carbons (Fsp3) is 0. The van der Waals surface area contributed by atoms with Crippen LogP contribution in [0.25, 0.3) is 40.0 Å². The van der Waals surface area contributed by atoms with Crippen LogP contribution in [0.2, 0.25) is 5.02 Å². The predicted octanol–water partition coefficient (Wildman–Crippen LogP) is 7.06. The molecule has 0 aliphatic rings. The van der Waals surface area contributed by atoms with Crippen molar-refractivity contribution in [3.05, 3.63) is 102 Å². The molecule has 0 aliphatic heterocycles. The zero-order chi connectivity index (χ0) is 21.9. The van der Waals surface area contributed by atoms with Gasteiger partial charge >= 0.3 is 0 Å². The van der Waals surface area contributed by atoms with E-state index in [1.807, 2.05) is 54.6 Å². The van der Waals surface area contributed by atoms with Crippen LogP contribution in [0.1, 0.15) is 5.76 Å². The Morgan fingerprint density at radius 3 is 2.59 bits per heavy atom. The van der Waals surface area contributed by atoms with E-state index in [4.69, 9.17) is 20.4 Å². The molecular weight excluding hydrogens is 424 g/mol. The van der Waals surface area contributed by atoms with Gasteiger partial charge in [0.2, 0.25) is 11.8 Å². The van der Waals surface area contributed by atoms with Crippen LogP contribution in [-0.4, -0.2) is 10.9 Å². The molecule has 5 rings (SSSR count). The number of amides is 1. The van der Waals surface area contributed by atoms with Crippen molar-refractivity contribution in [1.29, 1.82) is 0 Å². The predicted molar refractivity (Wildman–Crippen MR) is 126 cm³/mol. The van der Waals surface area contributed by atoms with E-state index in [2.05, 4.69) is 10.3 Å². The third kappa shape index (κ3) is 4.33. The average molecular weight is 441 g/mol. The SMILES string of the molecule is O=C(/C=C/c1ccc(-c2ccccc2)o1)Nc1cccc(-c2nc3cc(Cl)ccc3o2)c1. The monoisotopic (exact) mass is 440 g/mol. The van der Waals surface area contributed by atoms with Crippen molar-refractivity contribution in [2.75, 3.05) is 5.32 Å². The molecule has 6 heteroatoms. The summed E-state index contributed by atoms with van der Waals surface area (Å²) in [5.41, 5.74) is 3.68. The van der Waals surface area contributed by atoms with Crippen LogP contribution < -0.4 is 5.32 Å². The minimum absolute atomic E-state index is 0.274. The molecule has 2 aromatic heterocycles. The zero-order valence-corrected chi connectivity index (χ0v) is 17.5. The minimum atomic E-state index is -0.274. The summed E-state index contributed by atoms with van der Waals surface area (Å²) in [5.74, 6) is 1.53. The van der Waals surface area contributed by atoms with E-state index < -0.39 is 0 Å². The molecule has 0 saturated heterocycles. The molecule has 1 N–H and O–H groups in total. The van der Waals surface area contributed by atoms with Gasteiger partial charge in [-0.25, -0.2) is 4.98 Å². The quantitative estimate of drug-likeness (QED) is 0.297. The summed E-state index contributed by atoms with van der Waals surface area (Å²) < 4.78 is 11.6. The van der Waals surface area contributed by atoms with Gasteiger partial charge in [0.15, 0.2) is 5.58 Å². The molecule has 0 unspecified atom stereocenters. The number of aromatic nitrogens is 1. The van der Waals surface area contributed by atoms with Gasteiger partial charge in [-0.1, -0.05) is 48.0 Å². The molecule has 0 atom stereocenters. The van der Waals surface area contributed by atoms with Crippen LogP contribution in [0.15, 0.2) is 99.8 Å². The Labute approximate surface area is 189 Å². The Morgan fingerprint density at radius 1 is 0.875 bits per heavy atom. The summed E-state index contributed by atoms with van der Waals surface area (Å²) in [6, 6.07) is 26.1. The average Bonchev–Trinajstić information content (AvgIpc) is 3.45. The maximum atomic E-state index is 12.4. The second-order valence-electron chi connectivity index (χ2n) is 7.10. The first-order valence-corrected chi connectivity index (χ1v) is 10.3. The van der Waals surface area contributed by atoms with Crippen LogP contribution in [0.4, 0.5) is 5.69 Å². The van der Waals surface area contributed by atoms with Crippen molar-refractivity contribution in [1.82, 2.24) is 4.98 Å². The number of carbonyl (C=O) groups excluding carboxylic acids is 1. The topological polar surface area (TPSA) is 68.3 Å². The number of hydrogen-bond acceptors (Lipinski definition) is 4. The number of hydrogen-bond donors (Lipinski definition) is 1. The summed E-state index contributed by atoms with van der Waals surface area (Å²) in [6.07, 6.45) is 3.07. The van der Waals surface area contributed by atoms with E-state index in [1.54, 1.807) is 36.4 Å². The van der Waals surface area contributed by atoms with E-state index in [-0.39, 0.29) is 5.91 Å². The summed E-state index contributed by atoms with van der Waals surface area (Å²) in [5, 5.41) is 3.44. The number of furan rings is 1. The first-order chi connectivity index (χ1) is 15.6. The molecular formula is C26H17ClN2O3. The van der Waals surface area contributed by atoms with Crippen molar-refractivity contribution in [2.24, 2.45) is 0 Å². The van der Waals surface area contributed by atoms with E-state index in [0.29, 0.717) is 33.5 Å². The molecule has 0 bridgehead atoms. The van der Waals surface area contributed by atoms with E-state index in [9.17, 15) is 4.79 Å². The van der Waals surface area contributed by atoms with E-state index in [0.717, 1.165) is 16.9 Å². The Kier molecular flexibility index (Phi) is 5.32. The Bertz CT molecular complexity index is 1430. The van der Waals surface area contributed by atoms with Gasteiger partial charge in [0, 0.05) is 27.9 Å². The summed E-state index contributed by atoms with van der Waals surface area (Å²) in [4.78, 5) is 16.9. The second kappa shape index (κ2) is 8.57. The lowest BCUT2D eigenvalue weighted by atomic mass is 10.2. The molecule has 156 valence electrons. The lowest BCUT2D eigenvalue weighted by molar-refractivity contribution is -0.111. The van der Waals surface area contributed by atoms with Crippen molar-refractivity contribution in [2.45, 2.75) is 0 Å². The fourth-order valence-corrected chi connectivity index (χ4v) is 3.46. The molecule has 5 nitrogen and oxygen atoms in total. The number of carbonyl (C=O) groups is 1. The summed E-state index contributed by atoms with van der Waals surface area (Å²) >= 11 is 6.02. The lowest BCUT2D eigenvalue weighted by Crippen LogP contribution is -2.07. The zero-order valence-electron chi connectivity index (χ0n) is 16.8. The fourth-order valence-electron chi connectivity index (χ4n) is 3.30. The third-order valence-electron chi connectivity index (χ3n) is 4.81. The number of fused-ring (bicyclic) bond motifs is 1. The molecule has 2 heterocycles. The summed E-state index contributed by atoms with van der Waals surface area (Å²) in [6.45, 7) is 0. The van der Waals surface area contributed by atoms with Gasteiger partial charge in [-0.15, -0.1) is 0 Å². The Morgan fingerprint density at radius 2 is 1.72 bits per heavy atom. The van der Waals surface area contributed by atoms with Gasteiger partial charge in [-0.05, 0) is 54.6 Å². The normalized spacial score (nSPS) is 11.3. The number of halogens is 1. The van der Waals surface area contributed by atoms with Gasteiger partial charge in [-0.3, -0.25) is 4.79 Å². The molecule has 3 aromatic carbocycles. The number of nitrogens with one attached hydrogen (secondary N) is 1. The van der Waals surface area contributed by atoms with Crippen LogP contribution in [-0.2, 0) is 4.79 Å². The van der Waals surface area contributed by atoms with Gasteiger partial charge in [-0.2, -0.15) is 0 Å². The van der Waals surface area contributed by atoms with Gasteiger partial charge in [0.05, 0.1) is 0 Å². The van der Waals surface area contributed by atoms with Crippen molar-refractivity contribution in [3.63, 3.8) is 0 Å². The summed E-state index contributed by atoms with van der Waals surface area (Å²) in [7, 11) is 0. The van der Waals surface area contributed by atoms with Gasteiger partial charge in [0.1, 0.15) is 17.0 Å². The lowest BCUT2D eigenvalue weighted by Gasteiger charge is -2.03. The largest absolute Gasteiger partial charge is 0.457 e. The minimum Gasteiger partial charge on any atom is -0.457 e. The Hall–Kier alpha value is -4.09. The number of benzene rings is 3. The van der Waals surface area contributed by atoms with Gasteiger partial charge < -0.3 is 14.2 Å². The van der Waals surface area contributed by atoms with Crippen LogP contribution in [0, 0.1) is 0 Å². The first kappa shape index (κ1) is 19.8. The van der Waals surface area contributed by atoms with Crippen LogP contribution >= 0.6 is 11.6 Å². The number of oxazole rings is 1. The number of nitrogens with zero attached hydrogens (tertiary/aromatic N) is 1. The molecule has 0 fully saturated rings. The molecule has 0 spiro atoms. The number of anilines is 1. The Balaban J connectivity index is 1.29. The van der Waals surface area contributed by atoms with Crippen LogP contribution in [0.5, 0.6) is 0 Å². The molecule has 0 radical (unpaired) electrons. The van der Waals surface area contributed by atoms with Crippen LogP contribution in [0.3, 0.4) is 0 Å². The van der Waals surface area contributed by atoms with Crippen molar-refractivity contribution >= 4 is 40.4 Å². The van der Waals surface area contributed by atoms with E-state index in [1.165, 1.54) is 6.08 Å². The van der Waals surface area contributed by atoms with Crippen molar-refractivity contribution < 1.29 is 13.6 Å². The second-order valence-corrected chi connectivity index (χ2v) is 7.54. The smallest absolute Gasteiger partial charge is 0.248 e. The molecule has 5 aromatic rings. The highest BCUT2D eigenvalue weighted by Gasteiger charge is 2.10. The standard InChI is InChI=1S/C26H17ClN2O3/c27-19-9-12-24-22(16-19)29-26(32-24)18-7-4-8-20(15-18)28-25(30)14-11-21-10-13-23(31-21)17-5-2-1-3-6-17/h1-16H,(H,28,30)/b14-11+. The maximum absolute atomic E-state index is 12.4. The molecule has 32 heavy (non-hydrogen) atoms. The highest BCUT2D eigenvalue weighted by atomic mass is 35.5. The molecule has 1 amide bonds. The molecule has 0 saturated carbocycles. The molecule has 0 aliphatic carbocycles. The highest BCUT2D eigenvalue weighted by molar-refractivity contribution is 6.31.